The Bertz CT molecular complexity index is 1380. The van der Waals surface area contributed by atoms with Crippen LogP contribution in [0.1, 0.15) is 23.6 Å². The van der Waals surface area contributed by atoms with E-state index in [1.807, 2.05) is 68.4 Å². The highest BCUT2D eigenvalue weighted by Gasteiger charge is 2.33. The number of ether oxygens (including phenoxy) is 1. The van der Waals surface area contributed by atoms with Gasteiger partial charge in [0.1, 0.15) is 18.3 Å². The molecule has 0 radical (unpaired) electrons. The summed E-state index contributed by atoms with van der Waals surface area (Å²) in [5, 5.41) is 2.84. The minimum Gasteiger partial charge on any atom is -0.495 e. The summed E-state index contributed by atoms with van der Waals surface area (Å²) in [6, 6.07) is 21.1. The molecule has 1 N–H and O–H groups in total. The van der Waals surface area contributed by atoms with Gasteiger partial charge >= 0.3 is 0 Å². The first-order chi connectivity index (χ1) is 18.5. The van der Waals surface area contributed by atoms with Crippen LogP contribution in [0.3, 0.4) is 0 Å². The van der Waals surface area contributed by atoms with Crippen molar-refractivity contribution < 1.29 is 22.7 Å². The summed E-state index contributed by atoms with van der Waals surface area (Å²) in [5.74, 6) is -0.507. The summed E-state index contributed by atoms with van der Waals surface area (Å²) in [5.41, 5.74) is 2.74. The maximum atomic E-state index is 14.1. The highest BCUT2D eigenvalue weighted by Crippen LogP contribution is 2.31. The van der Waals surface area contributed by atoms with E-state index in [0.29, 0.717) is 12.3 Å². The molecule has 3 rings (SSSR count). The number of aryl methyl sites for hydroxylation is 1. The lowest BCUT2D eigenvalue weighted by Gasteiger charge is -2.33. The van der Waals surface area contributed by atoms with Gasteiger partial charge in [0.25, 0.3) is 0 Å². The largest absolute Gasteiger partial charge is 0.495 e. The van der Waals surface area contributed by atoms with Crippen LogP contribution >= 0.6 is 15.9 Å². The van der Waals surface area contributed by atoms with E-state index in [0.717, 1.165) is 31.7 Å². The predicted octanol–water partition coefficient (Wildman–Crippen LogP) is 4.31. The maximum Gasteiger partial charge on any atom is 0.244 e. The van der Waals surface area contributed by atoms with E-state index in [4.69, 9.17) is 4.74 Å². The number of methoxy groups -OCH3 is 1. The van der Waals surface area contributed by atoms with Gasteiger partial charge in [-0.2, -0.15) is 0 Å². The molecule has 10 heteroatoms. The minimum atomic E-state index is -3.89. The number of nitrogens with one attached hydrogen (secondary N) is 1. The Labute approximate surface area is 239 Å². The second-order valence-electron chi connectivity index (χ2n) is 9.19. The molecule has 0 saturated carbocycles. The van der Waals surface area contributed by atoms with E-state index < -0.39 is 28.5 Å². The third kappa shape index (κ3) is 8.31. The van der Waals surface area contributed by atoms with Crippen molar-refractivity contribution in [1.29, 1.82) is 0 Å². The molecular formula is C29H34BrN3O5S. The Kier molecular flexibility index (Phi) is 10.5. The average molecular weight is 617 g/mol. The monoisotopic (exact) mass is 615 g/mol. The maximum absolute atomic E-state index is 14.1. The van der Waals surface area contributed by atoms with E-state index in [-0.39, 0.29) is 24.6 Å². The average Bonchev–Trinajstić information content (AvgIpc) is 2.90. The lowest BCUT2D eigenvalue weighted by Crippen LogP contribution is -2.53. The standard InChI is InChI=1S/C29H34BrN3O5S/c1-5-31-29(35)26(18-22-9-7-6-8-10-22)32(19-23-12-14-24(30)15-13-23)28(34)20-33(39(4,36)37)25-17-21(2)11-16-27(25)38-3/h6-17,26H,5,18-20H2,1-4H3,(H,31,35). The second kappa shape index (κ2) is 13.6. The fourth-order valence-corrected chi connectivity index (χ4v) is 5.33. The van der Waals surface area contributed by atoms with Crippen LogP contribution < -0.4 is 14.4 Å². The first kappa shape index (κ1) is 30.2. The summed E-state index contributed by atoms with van der Waals surface area (Å²) >= 11 is 3.43. The third-order valence-electron chi connectivity index (χ3n) is 6.17. The van der Waals surface area contributed by atoms with E-state index in [1.165, 1.54) is 12.0 Å². The molecule has 0 bridgehead atoms. The van der Waals surface area contributed by atoms with Crippen LogP contribution in [-0.4, -0.2) is 57.6 Å². The molecular weight excluding hydrogens is 582 g/mol. The van der Waals surface area contributed by atoms with E-state index in [1.54, 1.807) is 18.2 Å². The van der Waals surface area contributed by atoms with Gasteiger partial charge in [0.2, 0.25) is 21.8 Å². The molecule has 0 aromatic heterocycles. The number of carbonyl (C=O) groups is 2. The van der Waals surface area contributed by atoms with Gasteiger partial charge in [0, 0.05) is 24.0 Å². The minimum absolute atomic E-state index is 0.114. The number of hydrogen-bond acceptors (Lipinski definition) is 5. The molecule has 39 heavy (non-hydrogen) atoms. The van der Waals surface area contributed by atoms with Crippen LogP contribution in [0.15, 0.2) is 77.3 Å². The van der Waals surface area contributed by atoms with Crippen LogP contribution in [0.5, 0.6) is 5.75 Å². The molecule has 8 nitrogen and oxygen atoms in total. The first-order valence-electron chi connectivity index (χ1n) is 12.5. The summed E-state index contributed by atoms with van der Waals surface area (Å²) in [6.07, 6.45) is 1.31. The zero-order valence-corrected chi connectivity index (χ0v) is 25.0. The Balaban J connectivity index is 2.07. The third-order valence-corrected chi connectivity index (χ3v) is 7.83. The summed E-state index contributed by atoms with van der Waals surface area (Å²) < 4.78 is 33.3. The van der Waals surface area contributed by atoms with Crippen molar-refractivity contribution in [2.24, 2.45) is 0 Å². The Morgan fingerprint density at radius 3 is 2.26 bits per heavy atom. The number of anilines is 1. The summed E-state index contributed by atoms with van der Waals surface area (Å²) in [4.78, 5) is 28.9. The van der Waals surface area contributed by atoms with Gasteiger partial charge in [0.05, 0.1) is 19.1 Å². The van der Waals surface area contributed by atoms with Crippen LogP contribution in [0.25, 0.3) is 0 Å². The molecule has 3 aromatic carbocycles. The van der Waals surface area contributed by atoms with Gasteiger partial charge in [-0.05, 0) is 54.8 Å². The molecule has 3 aromatic rings. The van der Waals surface area contributed by atoms with Gasteiger partial charge in [-0.25, -0.2) is 8.42 Å². The fourth-order valence-electron chi connectivity index (χ4n) is 4.22. The molecule has 0 aliphatic heterocycles. The molecule has 0 fully saturated rings. The van der Waals surface area contributed by atoms with Crippen molar-refractivity contribution in [3.05, 3.63) is 94.0 Å². The van der Waals surface area contributed by atoms with Gasteiger partial charge in [-0.15, -0.1) is 0 Å². The Morgan fingerprint density at radius 2 is 1.67 bits per heavy atom. The molecule has 0 aliphatic carbocycles. The van der Waals surface area contributed by atoms with Gasteiger partial charge in [-0.1, -0.05) is 64.5 Å². The zero-order chi connectivity index (χ0) is 28.6. The number of carbonyl (C=O) groups excluding carboxylic acids is 2. The van der Waals surface area contributed by atoms with Crippen molar-refractivity contribution in [1.82, 2.24) is 10.2 Å². The quantitative estimate of drug-likeness (QED) is 0.328. The lowest BCUT2D eigenvalue weighted by molar-refractivity contribution is -0.140. The number of hydrogen-bond donors (Lipinski definition) is 1. The fraction of sp³-hybridized carbons (Fsp3) is 0.310. The number of benzene rings is 3. The van der Waals surface area contributed by atoms with Crippen LogP contribution in [-0.2, 0) is 32.6 Å². The molecule has 208 valence electrons. The van der Waals surface area contributed by atoms with Crippen molar-refractivity contribution in [3.63, 3.8) is 0 Å². The normalized spacial score (nSPS) is 11.9. The molecule has 1 atom stereocenters. The first-order valence-corrected chi connectivity index (χ1v) is 15.2. The van der Waals surface area contributed by atoms with Crippen molar-refractivity contribution in [2.75, 3.05) is 30.8 Å². The Hall–Kier alpha value is -3.37. The summed E-state index contributed by atoms with van der Waals surface area (Å²) in [6.45, 7) is 3.65. The van der Waals surface area contributed by atoms with Gasteiger partial charge in [-0.3, -0.25) is 13.9 Å². The topological polar surface area (TPSA) is 96.0 Å². The predicted molar refractivity (Wildman–Crippen MR) is 157 cm³/mol. The smallest absolute Gasteiger partial charge is 0.244 e. The van der Waals surface area contributed by atoms with Crippen molar-refractivity contribution in [2.45, 2.75) is 32.9 Å². The number of amides is 2. The summed E-state index contributed by atoms with van der Waals surface area (Å²) in [7, 11) is -2.44. The van der Waals surface area contributed by atoms with E-state index in [2.05, 4.69) is 21.2 Å². The van der Waals surface area contributed by atoms with Gasteiger partial charge < -0.3 is 15.0 Å². The van der Waals surface area contributed by atoms with Crippen LogP contribution in [0.4, 0.5) is 5.69 Å². The van der Waals surface area contributed by atoms with Crippen LogP contribution in [0, 0.1) is 6.92 Å². The second-order valence-corrected chi connectivity index (χ2v) is 12.0. The highest BCUT2D eigenvalue weighted by molar-refractivity contribution is 9.10. The zero-order valence-electron chi connectivity index (χ0n) is 22.6. The molecule has 2 amide bonds. The number of halogens is 1. The van der Waals surface area contributed by atoms with Crippen molar-refractivity contribution in [3.8, 4) is 5.75 Å². The Morgan fingerprint density at radius 1 is 1.00 bits per heavy atom. The highest BCUT2D eigenvalue weighted by atomic mass is 79.9. The van der Waals surface area contributed by atoms with Gasteiger partial charge in [0.15, 0.2) is 0 Å². The number of nitrogens with zero attached hydrogens (tertiary/aromatic N) is 2. The molecule has 0 spiro atoms. The van der Waals surface area contributed by atoms with E-state index >= 15 is 0 Å². The molecule has 0 aliphatic rings. The van der Waals surface area contributed by atoms with Crippen LogP contribution in [0.2, 0.25) is 0 Å². The molecule has 0 heterocycles. The number of sulfonamides is 1. The lowest BCUT2D eigenvalue weighted by atomic mass is 10.0. The van der Waals surface area contributed by atoms with E-state index in [9.17, 15) is 18.0 Å². The van der Waals surface area contributed by atoms with Crippen molar-refractivity contribution >= 4 is 43.5 Å². The molecule has 0 saturated heterocycles. The SMILES string of the molecule is CCNC(=O)C(Cc1ccccc1)N(Cc1ccc(Br)cc1)C(=O)CN(c1cc(C)ccc1OC)S(C)(=O)=O. The molecule has 1 unspecified atom stereocenters. The number of rotatable bonds is 12. The number of likely N-dealkylation sites (N-methyl/N-ethyl adjacent to an activating group) is 1.